The van der Waals surface area contributed by atoms with Crippen molar-refractivity contribution in [2.24, 2.45) is 0 Å². The summed E-state index contributed by atoms with van der Waals surface area (Å²) < 4.78 is 20.5. The highest BCUT2D eigenvalue weighted by Crippen LogP contribution is 1.96. The fourth-order valence-corrected chi connectivity index (χ4v) is 3.03. The third-order valence-corrected chi connectivity index (χ3v) is 2.75. The molecule has 5 heteroatoms. The topological polar surface area (TPSA) is 34.1 Å². The van der Waals surface area contributed by atoms with Crippen LogP contribution in [0.15, 0.2) is 0 Å². The maximum atomic E-state index is 9.99. The molecule has 0 fully saturated rings. The van der Waals surface area contributed by atoms with E-state index in [0.717, 1.165) is 0 Å². The van der Waals surface area contributed by atoms with Crippen LogP contribution in [0.2, 0.25) is 0 Å². The van der Waals surface area contributed by atoms with E-state index >= 15 is 0 Å². The quantitative estimate of drug-likeness (QED) is 0.418. The average molecular weight is 254 g/mol. The van der Waals surface area contributed by atoms with Gasteiger partial charge in [0.25, 0.3) is 0 Å². The normalized spacial score (nSPS) is 11.7. The molecule has 0 heterocycles. The van der Waals surface area contributed by atoms with Gasteiger partial charge in [0.1, 0.15) is 0 Å². The molecule has 0 aliphatic carbocycles. The van der Waals surface area contributed by atoms with Gasteiger partial charge in [0, 0.05) is 15.1 Å². The lowest BCUT2D eigenvalue weighted by atomic mass is 11.0. The summed E-state index contributed by atoms with van der Waals surface area (Å²) in [6.45, 7) is 0. The zero-order valence-electron chi connectivity index (χ0n) is 3.39. The molecule has 0 radical (unpaired) electrons. The van der Waals surface area contributed by atoms with E-state index in [-0.39, 0.29) is 5.75 Å². The lowest BCUT2D eigenvalue weighted by Gasteiger charge is -1.83. The van der Waals surface area contributed by atoms with E-state index in [1.165, 1.54) is 0 Å². The summed E-state index contributed by atoms with van der Waals surface area (Å²) in [5.41, 5.74) is 0. The van der Waals surface area contributed by atoms with Crippen molar-refractivity contribution >= 4 is 42.3 Å². The highest BCUT2D eigenvalue weighted by Gasteiger charge is 2.00. The van der Waals surface area contributed by atoms with Crippen LogP contribution >= 0.6 is 33.3 Å². The van der Waals surface area contributed by atoms with E-state index in [1.807, 2.05) is 22.6 Å². The lowest BCUT2D eigenvalue weighted by molar-refractivity contribution is 0.611. The molecular weight excluding hydrogens is 250 g/mol. The SMILES string of the molecule is O=S(=O)(Cl)CCI. The smallest absolute Gasteiger partial charge is 0.212 e. The molecule has 0 aliphatic heterocycles. The number of halogens is 2. The number of rotatable bonds is 2. The average Bonchev–Trinajstić information content (AvgIpc) is 1.30. The third kappa shape index (κ3) is 6.97. The Hall–Kier alpha value is 0.970. The summed E-state index contributed by atoms with van der Waals surface area (Å²) in [5.74, 6) is 0.0646. The van der Waals surface area contributed by atoms with Gasteiger partial charge in [-0.2, -0.15) is 0 Å². The minimum Gasteiger partial charge on any atom is -0.212 e. The van der Waals surface area contributed by atoms with Crippen molar-refractivity contribution < 1.29 is 8.42 Å². The molecule has 44 valence electrons. The molecule has 0 bridgehead atoms. The molecule has 0 aromatic heterocycles. The second-order valence-corrected chi connectivity index (χ2v) is 4.91. The molecule has 0 amide bonds. The second-order valence-electron chi connectivity index (χ2n) is 0.932. The zero-order chi connectivity index (χ0) is 5.91. The Kier molecular flexibility index (Phi) is 3.52. The predicted molar refractivity (Wildman–Crippen MR) is 38.5 cm³/mol. The van der Waals surface area contributed by atoms with Gasteiger partial charge in [-0.15, -0.1) is 0 Å². The van der Waals surface area contributed by atoms with Crippen LogP contribution in [0.3, 0.4) is 0 Å². The molecule has 2 nitrogen and oxygen atoms in total. The Bertz CT molecular complexity index is 129. The van der Waals surface area contributed by atoms with Crippen molar-refractivity contribution in [3.05, 3.63) is 0 Å². The van der Waals surface area contributed by atoms with Gasteiger partial charge in [-0.1, -0.05) is 22.6 Å². The number of hydrogen-bond donors (Lipinski definition) is 0. The van der Waals surface area contributed by atoms with Crippen LogP contribution in [0.5, 0.6) is 0 Å². The minimum absolute atomic E-state index is 0.0646. The summed E-state index contributed by atoms with van der Waals surface area (Å²) in [5, 5.41) is 0. The van der Waals surface area contributed by atoms with Crippen molar-refractivity contribution in [3.63, 3.8) is 0 Å². The Morgan fingerprint density at radius 2 is 2.00 bits per heavy atom. The summed E-state index contributed by atoms with van der Waals surface area (Å²) in [6.07, 6.45) is 0. The molecule has 0 atom stereocenters. The second kappa shape index (κ2) is 3.09. The van der Waals surface area contributed by atoms with E-state index in [0.29, 0.717) is 4.43 Å². The van der Waals surface area contributed by atoms with Gasteiger partial charge >= 0.3 is 0 Å². The van der Waals surface area contributed by atoms with Gasteiger partial charge in [-0.25, -0.2) is 8.42 Å². The van der Waals surface area contributed by atoms with Gasteiger partial charge in [-0.3, -0.25) is 0 Å². The highest BCUT2D eigenvalue weighted by atomic mass is 127. The van der Waals surface area contributed by atoms with Gasteiger partial charge < -0.3 is 0 Å². The maximum absolute atomic E-state index is 9.99. The van der Waals surface area contributed by atoms with E-state index in [4.69, 9.17) is 10.7 Å². The van der Waals surface area contributed by atoms with E-state index < -0.39 is 9.05 Å². The Balaban J connectivity index is 3.60. The molecule has 0 saturated heterocycles. The predicted octanol–water partition coefficient (Wildman–Crippen LogP) is 0.990. The van der Waals surface area contributed by atoms with Crippen LogP contribution in [-0.4, -0.2) is 18.6 Å². The Morgan fingerprint density at radius 3 is 2.00 bits per heavy atom. The first kappa shape index (κ1) is 7.97. The number of alkyl halides is 1. The monoisotopic (exact) mass is 254 g/mol. The van der Waals surface area contributed by atoms with E-state index in [1.54, 1.807) is 0 Å². The molecule has 0 aliphatic rings. The van der Waals surface area contributed by atoms with Gasteiger partial charge in [0.15, 0.2) is 0 Å². The van der Waals surface area contributed by atoms with Crippen LogP contribution < -0.4 is 0 Å². The van der Waals surface area contributed by atoms with Crippen LogP contribution in [-0.2, 0) is 9.05 Å². The van der Waals surface area contributed by atoms with E-state index in [9.17, 15) is 8.42 Å². The van der Waals surface area contributed by atoms with E-state index in [2.05, 4.69) is 0 Å². The molecule has 0 spiro atoms. The van der Waals surface area contributed by atoms with Crippen LogP contribution in [0.4, 0.5) is 0 Å². The fourth-order valence-electron chi connectivity index (χ4n) is 0.0922. The van der Waals surface area contributed by atoms with Crippen molar-refractivity contribution in [2.75, 3.05) is 10.2 Å². The Morgan fingerprint density at radius 1 is 1.57 bits per heavy atom. The highest BCUT2D eigenvalue weighted by molar-refractivity contribution is 14.1. The van der Waals surface area contributed by atoms with Crippen molar-refractivity contribution in [3.8, 4) is 0 Å². The first-order valence-corrected chi connectivity index (χ1v) is 5.55. The molecule has 0 aromatic rings. The summed E-state index contributed by atoms with van der Waals surface area (Å²) in [6, 6.07) is 0. The third-order valence-electron chi connectivity index (χ3n) is 0.321. The number of hydrogen-bond acceptors (Lipinski definition) is 2. The standard InChI is InChI=1S/C2H4ClIO2S/c3-7(5,6)2-1-4/h1-2H2. The molecule has 0 unspecified atom stereocenters. The van der Waals surface area contributed by atoms with Crippen molar-refractivity contribution in [1.82, 2.24) is 0 Å². The summed E-state index contributed by atoms with van der Waals surface area (Å²) in [7, 11) is 1.59. The first-order valence-electron chi connectivity index (χ1n) is 1.54. The van der Waals surface area contributed by atoms with Crippen molar-refractivity contribution in [2.45, 2.75) is 0 Å². The molecule has 7 heavy (non-hydrogen) atoms. The summed E-state index contributed by atoms with van der Waals surface area (Å²) >= 11 is 1.95. The van der Waals surface area contributed by atoms with Crippen LogP contribution in [0.1, 0.15) is 0 Å². The molecule has 0 rings (SSSR count). The maximum Gasteiger partial charge on any atom is 0.233 e. The summed E-state index contributed by atoms with van der Waals surface area (Å²) in [4.78, 5) is 0. The van der Waals surface area contributed by atoms with Gasteiger partial charge in [0.05, 0.1) is 5.75 Å². The fraction of sp³-hybridized carbons (Fsp3) is 1.00. The van der Waals surface area contributed by atoms with Gasteiger partial charge in [0.2, 0.25) is 9.05 Å². The largest absolute Gasteiger partial charge is 0.233 e. The van der Waals surface area contributed by atoms with Crippen molar-refractivity contribution in [1.29, 1.82) is 0 Å². The first-order chi connectivity index (χ1) is 3.06. The van der Waals surface area contributed by atoms with Crippen LogP contribution in [0, 0.1) is 0 Å². The zero-order valence-corrected chi connectivity index (χ0v) is 7.12. The minimum atomic E-state index is -3.21. The molecule has 0 N–H and O–H groups in total. The van der Waals surface area contributed by atoms with Gasteiger partial charge in [-0.05, 0) is 0 Å². The molecule has 0 saturated carbocycles. The molecule has 0 aromatic carbocycles. The van der Waals surface area contributed by atoms with Crippen LogP contribution in [0.25, 0.3) is 0 Å². The molecular formula is C2H4ClIO2S. The Labute approximate surface area is 60.8 Å². The lowest BCUT2D eigenvalue weighted by Crippen LogP contribution is -1.96.